The van der Waals surface area contributed by atoms with E-state index in [-0.39, 0.29) is 54.7 Å². The molecule has 2 fully saturated rings. The lowest BCUT2D eigenvalue weighted by molar-refractivity contribution is -0.129. The molecule has 2 aromatic rings. The predicted molar refractivity (Wildman–Crippen MR) is 175 cm³/mol. The van der Waals surface area contributed by atoms with Crippen molar-refractivity contribution in [3.05, 3.63) is 71.8 Å². The molecule has 11 nitrogen and oxygen atoms in total. The molecule has 244 valence electrons. The fourth-order valence-corrected chi connectivity index (χ4v) is 6.78. The lowest BCUT2D eigenvalue weighted by Gasteiger charge is -2.29. The van der Waals surface area contributed by atoms with Crippen LogP contribution < -0.4 is 26.6 Å². The van der Waals surface area contributed by atoms with E-state index in [0.29, 0.717) is 18.8 Å². The zero-order valence-electron chi connectivity index (χ0n) is 26.3. The second-order valence-corrected chi connectivity index (χ2v) is 13.8. The summed E-state index contributed by atoms with van der Waals surface area (Å²) in [6, 6.07) is 17.0. The van der Waals surface area contributed by atoms with E-state index in [4.69, 9.17) is 0 Å². The molecule has 2 saturated heterocycles. The molecule has 2 aromatic carbocycles. The van der Waals surface area contributed by atoms with Gasteiger partial charge in [-0.05, 0) is 51.3 Å². The Morgan fingerprint density at radius 1 is 0.978 bits per heavy atom. The van der Waals surface area contributed by atoms with Crippen molar-refractivity contribution >= 4 is 35.4 Å². The molecule has 5 atom stereocenters. The number of likely N-dealkylation sites (tertiary alicyclic amines) is 1. The van der Waals surface area contributed by atoms with Crippen molar-refractivity contribution in [3.8, 4) is 0 Å². The lowest BCUT2D eigenvalue weighted by Crippen LogP contribution is -2.57. The van der Waals surface area contributed by atoms with Gasteiger partial charge in [-0.25, -0.2) is 0 Å². The number of benzene rings is 2. The Labute approximate surface area is 269 Å². The van der Waals surface area contributed by atoms with Crippen molar-refractivity contribution in [1.82, 2.24) is 31.5 Å². The molecule has 12 heteroatoms. The van der Waals surface area contributed by atoms with Gasteiger partial charge < -0.3 is 26.4 Å². The summed E-state index contributed by atoms with van der Waals surface area (Å²) in [6.07, 6.45) is 0.871. The molecule has 2 heterocycles. The van der Waals surface area contributed by atoms with Crippen molar-refractivity contribution in [2.24, 2.45) is 0 Å². The minimum absolute atomic E-state index is 0.0330. The van der Waals surface area contributed by atoms with Crippen molar-refractivity contribution in [1.29, 1.82) is 0 Å². The lowest BCUT2D eigenvalue weighted by atomic mass is 10.1. The molecule has 0 aromatic heterocycles. The molecule has 0 aliphatic carbocycles. The van der Waals surface area contributed by atoms with Crippen molar-refractivity contribution in [2.45, 2.75) is 81.7 Å². The highest BCUT2D eigenvalue weighted by Gasteiger charge is 2.39. The van der Waals surface area contributed by atoms with Crippen LogP contribution in [0.1, 0.15) is 44.7 Å². The number of nitrogens with one attached hydrogen (secondary N) is 5. The molecule has 0 spiro atoms. The summed E-state index contributed by atoms with van der Waals surface area (Å²) in [4.78, 5) is 54.1. The van der Waals surface area contributed by atoms with Gasteiger partial charge in [0.05, 0.1) is 30.0 Å². The average Bonchev–Trinajstić information content (AvgIpc) is 3.68. The smallest absolute Gasteiger partial charge is 0.245 e. The second-order valence-electron chi connectivity index (χ2n) is 12.7. The Balaban J connectivity index is 1.30. The largest absolute Gasteiger partial charge is 0.390 e. The third-order valence-corrected chi connectivity index (χ3v) is 8.96. The van der Waals surface area contributed by atoms with Crippen LogP contribution in [0, 0.1) is 0 Å². The number of β-amino-alcohol motifs (C(OH)–C–C–N with tert-alkyl or cyclic N) is 1. The summed E-state index contributed by atoms with van der Waals surface area (Å²) < 4.78 is 0. The van der Waals surface area contributed by atoms with Crippen molar-refractivity contribution in [2.75, 3.05) is 25.4 Å². The Bertz CT molecular complexity index is 1290. The first kappa shape index (κ1) is 34.4. The maximum atomic E-state index is 13.4. The normalized spacial score (nSPS) is 21.5. The zero-order chi connectivity index (χ0) is 32.4. The van der Waals surface area contributed by atoms with Gasteiger partial charge in [-0.1, -0.05) is 60.7 Å². The van der Waals surface area contributed by atoms with Gasteiger partial charge in [0.2, 0.25) is 23.6 Å². The monoisotopic (exact) mass is 638 g/mol. The van der Waals surface area contributed by atoms with E-state index in [1.54, 1.807) is 0 Å². The first-order chi connectivity index (χ1) is 21.5. The zero-order valence-corrected chi connectivity index (χ0v) is 27.1. The molecule has 4 amide bonds. The molecule has 0 bridgehead atoms. The van der Waals surface area contributed by atoms with Crippen LogP contribution in [0.3, 0.4) is 0 Å². The summed E-state index contributed by atoms with van der Waals surface area (Å²) in [6.45, 7) is 7.13. The van der Waals surface area contributed by atoms with Gasteiger partial charge in [-0.2, -0.15) is 0 Å². The number of amides is 4. The van der Waals surface area contributed by atoms with Gasteiger partial charge >= 0.3 is 0 Å². The van der Waals surface area contributed by atoms with Gasteiger partial charge in [0.1, 0.15) is 6.04 Å². The van der Waals surface area contributed by atoms with Gasteiger partial charge in [0.15, 0.2) is 0 Å². The van der Waals surface area contributed by atoms with Crippen molar-refractivity contribution < 1.29 is 24.3 Å². The van der Waals surface area contributed by atoms with E-state index in [1.165, 1.54) is 11.8 Å². The summed E-state index contributed by atoms with van der Waals surface area (Å²) in [7, 11) is 0. The number of aliphatic hydroxyl groups excluding tert-OH is 1. The molecule has 5 unspecified atom stereocenters. The molecule has 0 saturated carbocycles. The van der Waals surface area contributed by atoms with Crippen molar-refractivity contribution in [3.63, 3.8) is 0 Å². The highest BCUT2D eigenvalue weighted by Crippen LogP contribution is 2.23. The minimum Gasteiger partial charge on any atom is -0.390 e. The summed E-state index contributed by atoms with van der Waals surface area (Å²) in [5.74, 6) is -0.599. The highest BCUT2D eigenvalue weighted by molar-refractivity contribution is 8.00. The molecular weight excluding hydrogens is 592 g/mol. The predicted octanol–water partition coefficient (Wildman–Crippen LogP) is 0.918. The fourth-order valence-electron chi connectivity index (χ4n) is 5.49. The number of carbonyl (C=O) groups excluding carboxylic acids is 4. The fraction of sp³-hybridized carbons (Fsp3) is 0.515. The Kier molecular flexibility index (Phi) is 12.4. The molecule has 45 heavy (non-hydrogen) atoms. The van der Waals surface area contributed by atoms with Crippen LogP contribution >= 0.6 is 11.8 Å². The van der Waals surface area contributed by atoms with Gasteiger partial charge in [0, 0.05) is 30.9 Å². The second kappa shape index (κ2) is 16.2. The molecule has 0 radical (unpaired) electrons. The number of hydrogen-bond donors (Lipinski definition) is 6. The molecule has 6 N–H and O–H groups in total. The van der Waals surface area contributed by atoms with E-state index in [2.05, 4.69) is 26.6 Å². The third kappa shape index (κ3) is 10.8. The number of nitrogens with zero attached hydrogens (tertiary/aromatic N) is 1. The van der Waals surface area contributed by atoms with E-state index in [1.807, 2.05) is 86.3 Å². The van der Waals surface area contributed by atoms with E-state index < -0.39 is 23.6 Å². The molecular formula is C33H46N6O5S. The van der Waals surface area contributed by atoms with Crippen LogP contribution in [-0.2, 0) is 32.1 Å². The quantitative estimate of drug-likeness (QED) is 0.190. The standard InChI is InChI=1S/C33H46N6O5S/c1-33(2,3)38-30(43)26-15-10-16-39(26)20-24(40)19-35-29(42)25-21-45-32(36-25)28(31(44)34-18-23-13-8-5-9-14-23)37-27(41)17-22-11-6-4-7-12-22/h4-9,11-14,24-26,28,32,36,40H,10,15-21H2,1-3H3,(H,34,44)(H,35,42)(H,37,41)(H,38,43). The summed E-state index contributed by atoms with van der Waals surface area (Å²) >= 11 is 1.39. The Morgan fingerprint density at radius 2 is 1.64 bits per heavy atom. The van der Waals surface area contributed by atoms with Crippen LogP contribution in [0.15, 0.2) is 60.7 Å². The first-order valence-corrected chi connectivity index (χ1v) is 16.6. The third-order valence-electron chi connectivity index (χ3n) is 7.66. The van der Waals surface area contributed by atoms with Crippen LogP contribution in [-0.4, -0.2) is 94.2 Å². The topological polar surface area (TPSA) is 152 Å². The average molecular weight is 639 g/mol. The van der Waals surface area contributed by atoms with E-state index >= 15 is 0 Å². The highest BCUT2D eigenvalue weighted by atomic mass is 32.2. The van der Waals surface area contributed by atoms with Gasteiger partial charge in [-0.15, -0.1) is 11.8 Å². The maximum Gasteiger partial charge on any atom is 0.245 e. The van der Waals surface area contributed by atoms with Crippen LogP contribution in [0.5, 0.6) is 0 Å². The number of thioether (sulfide) groups is 1. The number of carbonyl (C=O) groups is 4. The van der Waals surface area contributed by atoms with Crippen LogP contribution in [0.25, 0.3) is 0 Å². The van der Waals surface area contributed by atoms with Gasteiger partial charge in [0.25, 0.3) is 0 Å². The molecule has 4 rings (SSSR count). The first-order valence-electron chi connectivity index (χ1n) is 15.5. The summed E-state index contributed by atoms with van der Waals surface area (Å²) in [5.41, 5.74) is 1.42. The minimum atomic E-state index is -0.912. The number of hydrogen-bond acceptors (Lipinski definition) is 8. The van der Waals surface area contributed by atoms with E-state index in [9.17, 15) is 24.3 Å². The van der Waals surface area contributed by atoms with E-state index in [0.717, 1.165) is 24.0 Å². The SMILES string of the molecule is CC(C)(C)NC(=O)C1CCCN1CC(O)CNC(=O)C1CSC(C(NC(=O)Cc2ccccc2)C(=O)NCc2ccccc2)N1. The molecule has 2 aliphatic heterocycles. The van der Waals surface area contributed by atoms with Crippen LogP contribution in [0.4, 0.5) is 0 Å². The summed E-state index contributed by atoms with van der Waals surface area (Å²) in [5, 5.41) is 25.0. The van der Waals surface area contributed by atoms with Crippen LogP contribution in [0.2, 0.25) is 0 Å². The Hall–Kier alpha value is -3.45. The van der Waals surface area contributed by atoms with Gasteiger partial charge in [-0.3, -0.25) is 29.4 Å². The number of aliphatic hydroxyl groups is 1. The molecule has 2 aliphatic rings. The number of rotatable bonds is 13. The maximum absolute atomic E-state index is 13.4. The Morgan fingerprint density at radius 3 is 2.31 bits per heavy atom.